The van der Waals surface area contributed by atoms with Gasteiger partial charge in [-0.3, -0.25) is 10.9 Å². The SMILES string of the molecule is CC.CNNC.c1ccc(-c2ccc(Cc3ccc(-c4ccccc4)cc3)cc2)cc1. The Morgan fingerprint density at radius 1 is 0.419 bits per heavy atom. The Morgan fingerprint density at radius 2 is 0.710 bits per heavy atom. The van der Waals surface area contributed by atoms with Gasteiger partial charge >= 0.3 is 0 Å². The smallest absolute Gasteiger partial charge is 0.00150 e. The van der Waals surface area contributed by atoms with Gasteiger partial charge < -0.3 is 0 Å². The average molecular weight is 411 g/mol. The minimum Gasteiger partial charge on any atom is -0.261 e. The number of hydrogen-bond acceptors (Lipinski definition) is 2. The molecule has 0 aliphatic carbocycles. The van der Waals surface area contributed by atoms with Crippen LogP contribution in [0.15, 0.2) is 109 Å². The lowest BCUT2D eigenvalue weighted by molar-refractivity contribution is 0.689. The van der Waals surface area contributed by atoms with Crippen molar-refractivity contribution < 1.29 is 0 Å². The van der Waals surface area contributed by atoms with Crippen molar-refractivity contribution in [2.45, 2.75) is 20.3 Å². The van der Waals surface area contributed by atoms with Crippen LogP contribution in [0.2, 0.25) is 0 Å². The number of rotatable bonds is 5. The summed E-state index contributed by atoms with van der Waals surface area (Å²) in [5, 5.41) is 0. The summed E-state index contributed by atoms with van der Waals surface area (Å²) >= 11 is 0. The monoisotopic (exact) mass is 410 g/mol. The first-order chi connectivity index (χ1) is 15.3. The first-order valence-electron chi connectivity index (χ1n) is 10.9. The van der Waals surface area contributed by atoms with Crippen LogP contribution in [-0.2, 0) is 6.42 Å². The van der Waals surface area contributed by atoms with Gasteiger partial charge in [0.2, 0.25) is 0 Å². The van der Waals surface area contributed by atoms with Crippen molar-refractivity contribution in [3.63, 3.8) is 0 Å². The van der Waals surface area contributed by atoms with E-state index in [-0.39, 0.29) is 0 Å². The van der Waals surface area contributed by atoms with E-state index in [0.29, 0.717) is 0 Å². The predicted octanol–water partition coefficient (Wildman–Crippen LogP) is 6.98. The van der Waals surface area contributed by atoms with E-state index in [1.54, 1.807) is 0 Å². The first-order valence-corrected chi connectivity index (χ1v) is 10.9. The predicted molar refractivity (Wildman–Crippen MR) is 136 cm³/mol. The zero-order chi connectivity index (χ0) is 22.3. The molecule has 2 N–H and O–H groups in total. The first kappa shape index (κ1) is 24.1. The van der Waals surface area contributed by atoms with Gasteiger partial charge in [0.1, 0.15) is 0 Å². The molecule has 0 aliphatic heterocycles. The van der Waals surface area contributed by atoms with E-state index in [1.165, 1.54) is 33.4 Å². The molecule has 0 aromatic heterocycles. The van der Waals surface area contributed by atoms with Crippen LogP contribution < -0.4 is 10.9 Å². The third-order valence-electron chi connectivity index (χ3n) is 4.78. The van der Waals surface area contributed by atoms with E-state index < -0.39 is 0 Å². The molecule has 0 heterocycles. The van der Waals surface area contributed by atoms with E-state index >= 15 is 0 Å². The van der Waals surface area contributed by atoms with Gasteiger partial charge in [-0.2, -0.15) is 0 Å². The van der Waals surface area contributed by atoms with Gasteiger partial charge in [-0.05, 0) is 53.9 Å². The lowest BCUT2D eigenvalue weighted by Crippen LogP contribution is -2.21. The summed E-state index contributed by atoms with van der Waals surface area (Å²) in [4.78, 5) is 0. The Hall–Kier alpha value is -3.20. The number of hydrazine groups is 1. The minimum atomic E-state index is 0.962. The van der Waals surface area contributed by atoms with Crippen LogP contribution in [0, 0.1) is 0 Å². The molecular weight excluding hydrogens is 376 g/mol. The molecular formula is C29H34N2. The third-order valence-corrected chi connectivity index (χ3v) is 4.78. The van der Waals surface area contributed by atoms with Crippen LogP contribution in [-0.4, -0.2) is 14.1 Å². The second kappa shape index (κ2) is 13.9. The Balaban J connectivity index is 0.000000513. The summed E-state index contributed by atoms with van der Waals surface area (Å²) in [5.41, 5.74) is 13.1. The summed E-state index contributed by atoms with van der Waals surface area (Å²) in [6, 6.07) is 38.8. The summed E-state index contributed by atoms with van der Waals surface area (Å²) in [6.45, 7) is 4.00. The second-order valence-electron chi connectivity index (χ2n) is 6.80. The highest BCUT2D eigenvalue weighted by Crippen LogP contribution is 2.22. The van der Waals surface area contributed by atoms with Crippen molar-refractivity contribution in [2.24, 2.45) is 0 Å². The van der Waals surface area contributed by atoms with Crippen molar-refractivity contribution in [3.8, 4) is 22.3 Å². The Bertz CT molecular complexity index is 878. The number of hydrogen-bond donors (Lipinski definition) is 2. The Morgan fingerprint density at radius 3 is 1.00 bits per heavy atom. The van der Waals surface area contributed by atoms with Crippen molar-refractivity contribution in [1.29, 1.82) is 0 Å². The van der Waals surface area contributed by atoms with Gasteiger partial charge in [-0.15, -0.1) is 0 Å². The van der Waals surface area contributed by atoms with Gasteiger partial charge in [0.05, 0.1) is 0 Å². The highest BCUT2D eigenvalue weighted by molar-refractivity contribution is 5.64. The summed E-state index contributed by atoms with van der Waals surface area (Å²) in [7, 11) is 3.64. The fraction of sp³-hybridized carbons (Fsp3) is 0.172. The van der Waals surface area contributed by atoms with Gasteiger partial charge in [0.15, 0.2) is 0 Å². The molecule has 0 saturated carbocycles. The molecule has 31 heavy (non-hydrogen) atoms. The molecule has 0 saturated heterocycles. The largest absolute Gasteiger partial charge is 0.261 e. The molecule has 160 valence electrons. The summed E-state index contributed by atoms with van der Waals surface area (Å²) < 4.78 is 0. The quantitative estimate of drug-likeness (QED) is 0.347. The van der Waals surface area contributed by atoms with E-state index in [4.69, 9.17) is 0 Å². The Kier molecular flexibility index (Phi) is 10.8. The fourth-order valence-corrected chi connectivity index (χ4v) is 3.13. The highest BCUT2D eigenvalue weighted by atomic mass is 15.3. The maximum atomic E-state index is 2.68. The Labute approximate surface area is 188 Å². The van der Waals surface area contributed by atoms with Crippen LogP contribution >= 0.6 is 0 Å². The molecule has 0 aliphatic rings. The fourth-order valence-electron chi connectivity index (χ4n) is 3.13. The average Bonchev–Trinajstić information content (AvgIpc) is 2.87. The summed E-state index contributed by atoms with van der Waals surface area (Å²) in [6.07, 6.45) is 0.962. The van der Waals surface area contributed by atoms with Gasteiger partial charge in [0, 0.05) is 0 Å². The zero-order valence-corrected chi connectivity index (χ0v) is 19.1. The third kappa shape index (κ3) is 7.86. The molecule has 0 bridgehead atoms. The lowest BCUT2D eigenvalue weighted by atomic mass is 9.98. The second-order valence-corrected chi connectivity index (χ2v) is 6.80. The van der Waals surface area contributed by atoms with E-state index in [1.807, 2.05) is 27.9 Å². The van der Waals surface area contributed by atoms with Gasteiger partial charge in [-0.25, -0.2) is 0 Å². The molecule has 2 nitrogen and oxygen atoms in total. The molecule has 0 unspecified atom stereocenters. The van der Waals surface area contributed by atoms with E-state index in [0.717, 1.165) is 6.42 Å². The van der Waals surface area contributed by atoms with Crippen molar-refractivity contribution in [3.05, 3.63) is 120 Å². The normalized spacial score (nSPS) is 9.68. The van der Waals surface area contributed by atoms with Crippen LogP contribution in [0.5, 0.6) is 0 Å². The zero-order valence-electron chi connectivity index (χ0n) is 19.1. The molecule has 4 rings (SSSR count). The molecule has 0 radical (unpaired) electrons. The molecule has 0 atom stereocenters. The van der Waals surface area contributed by atoms with E-state index in [9.17, 15) is 0 Å². The van der Waals surface area contributed by atoms with Crippen molar-refractivity contribution >= 4 is 0 Å². The number of benzene rings is 4. The molecule has 0 fully saturated rings. The molecule has 2 heteroatoms. The van der Waals surface area contributed by atoms with Gasteiger partial charge in [-0.1, -0.05) is 123 Å². The van der Waals surface area contributed by atoms with Crippen molar-refractivity contribution in [2.75, 3.05) is 14.1 Å². The maximum absolute atomic E-state index is 2.68. The highest BCUT2D eigenvalue weighted by Gasteiger charge is 2.01. The van der Waals surface area contributed by atoms with Crippen molar-refractivity contribution in [1.82, 2.24) is 10.9 Å². The lowest BCUT2D eigenvalue weighted by Gasteiger charge is -2.07. The van der Waals surface area contributed by atoms with Crippen LogP contribution in [0.4, 0.5) is 0 Å². The molecule has 0 spiro atoms. The maximum Gasteiger partial charge on any atom is -0.00150 e. The minimum absolute atomic E-state index is 0.962. The summed E-state index contributed by atoms with van der Waals surface area (Å²) in [5.74, 6) is 0. The molecule has 4 aromatic rings. The standard InChI is InChI=1S/C25H20.C2H8N2.C2H6/c1-3-7-22(8-4-1)24-15-11-20(12-16-24)19-21-13-17-25(18-14-21)23-9-5-2-6-10-23;1-3-4-2;1-2/h1-18H,19H2;3-4H,1-2H3;1-2H3. The van der Waals surface area contributed by atoms with Crippen LogP contribution in [0.3, 0.4) is 0 Å². The van der Waals surface area contributed by atoms with Crippen LogP contribution in [0.1, 0.15) is 25.0 Å². The topological polar surface area (TPSA) is 24.1 Å². The number of nitrogens with one attached hydrogen (secondary N) is 2. The molecule has 4 aromatic carbocycles. The van der Waals surface area contributed by atoms with Crippen LogP contribution in [0.25, 0.3) is 22.3 Å². The van der Waals surface area contributed by atoms with Gasteiger partial charge in [0.25, 0.3) is 0 Å². The van der Waals surface area contributed by atoms with E-state index in [2.05, 4.69) is 120 Å². The molecule has 0 amide bonds.